The van der Waals surface area contributed by atoms with Gasteiger partial charge in [-0.1, -0.05) is 18.2 Å². The molecule has 0 saturated carbocycles. The van der Waals surface area contributed by atoms with Gasteiger partial charge in [0.25, 0.3) is 0 Å². The fourth-order valence-corrected chi connectivity index (χ4v) is 2.25. The molecule has 96 valence electrons. The summed E-state index contributed by atoms with van der Waals surface area (Å²) in [5.74, 6) is 0.665. The minimum absolute atomic E-state index is 0.175. The molecule has 0 atom stereocenters. The lowest BCUT2D eigenvalue weighted by Gasteiger charge is -2.07. The molecule has 0 unspecified atom stereocenters. The topological polar surface area (TPSA) is 14.2 Å². The molecule has 0 fully saturated rings. The molecule has 2 nitrogen and oxygen atoms in total. The molecule has 0 aliphatic rings. The van der Waals surface area contributed by atoms with Crippen molar-refractivity contribution in [3.05, 3.63) is 66.1 Å². The Morgan fingerprint density at radius 3 is 2.58 bits per heavy atom. The minimum Gasteiger partial charge on any atom is -0.497 e. The molecule has 0 amide bonds. The SMILES string of the molecule is COc1ccc(Cn2ccc3c(F)cccc32)cc1. The van der Waals surface area contributed by atoms with Crippen LogP contribution in [-0.2, 0) is 6.54 Å². The number of methoxy groups -OCH3 is 1. The van der Waals surface area contributed by atoms with Crippen LogP contribution in [0.25, 0.3) is 10.9 Å². The van der Waals surface area contributed by atoms with Crippen molar-refractivity contribution in [1.29, 1.82) is 0 Å². The van der Waals surface area contributed by atoms with Crippen LogP contribution in [-0.4, -0.2) is 11.7 Å². The van der Waals surface area contributed by atoms with Gasteiger partial charge in [0.1, 0.15) is 11.6 Å². The lowest BCUT2D eigenvalue weighted by atomic mass is 10.2. The number of halogens is 1. The van der Waals surface area contributed by atoms with Crippen LogP contribution >= 0.6 is 0 Å². The van der Waals surface area contributed by atoms with Crippen molar-refractivity contribution in [2.45, 2.75) is 6.54 Å². The highest BCUT2D eigenvalue weighted by Crippen LogP contribution is 2.20. The minimum atomic E-state index is -0.175. The molecule has 0 saturated heterocycles. The smallest absolute Gasteiger partial charge is 0.132 e. The van der Waals surface area contributed by atoms with E-state index in [9.17, 15) is 4.39 Å². The Morgan fingerprint density at radius 2 is 1.84 bits per heavy atom. The van der Waals surface area contributed by atoms with Gasteiger partial charge < -0.3 is 9.30 Å². The van der Waals surface area contributed by atoms with Crippen molar-refractivity contribution >= 4 is 10.9 Å². The van der Waals surface area contributed by atoms with E-state index in [-0.39, 0.29) is 5.82 Å². The van der Waals surface area contributed by atoms with E-state index in [1.807, 2.05) is 47.2 Å². The first-order chi connectivity index (χ1) is 9.28. The van der Waals surface area contributed by atoms with E-state index in [0.717, 1.165) is 23.4 Å². The van der Waals surface area contributed by atoms with Crippen LogP contribution in [0.4, 0.5) is 4.39 Å². The first-order valence-electron chi connectivity index (χ1n) is 6.14. The zero-order chi connectivity index (χ0) is 13.2. The molecule has 1 heterocycles. The summed E-state index contributed by atoms with van der Waals surface area (Å²) < 4.78 is 20.8. The summed E-state index contributed by atoms with van der Waals surface area (Å²) in [6, 6.07) is 14.9. The fourth-order valence-electron chi connectivity index (χ4n) is 2.25. The van der Waals surface area contributed by atoms with Crippen molar-refractivity contribution < 1.29 is 9.13 Å². The molecule has 1 aromatic heterocycles. The average Bonchev–Trinajstić information content (AvgIpc) is 2.84. The van der Waals surface area contributed by atoms with E-state index < -0.39 is 0 Å². The third kappa shape index (κ3) is 2.19. The van der Waals surface area contributed by atoms with Crippen LogP contribution in [0, 0.1) is 5.82 Å². The molecule has 19 heavy (non-hydrogen) atoms. The van der Waals surface area contributed by atoms with Gasteiger partial charge >= 0.3 is 0 Å². The molecule has 3 aromatic rings. The van der Waals surface area contributed by atoms with Gasteiger partial charge in [-0.15, -0.1) is 0 Å². The summed E-state index contributed by atoms with van der Waals surface area (Å²) in [4.78, 5) is 0. The van der Waals surface area contributed by atoms with Crippen LogP contribution in [0.15, 0.2) is 54.7 Å². The second-order valence-electron chi connectivity index (χ2n) is 4.46. The fraction of sp³-hybridized carbons (Fsp3) is 0.125. The molecule has 0 spiro atoms. The number of hydrogen-bond acceptors (Lipinski definition) is 1. The van der Waals surface area contributed by atoms with Gasteiger partial charge in [-0.05, 0) is 35.9 Å². The van der Waals surface area contributed by atoms with E-state index in [1.54, 1.807) is 13.2 Å². The van der Waals surface area contributed by atoms with E-state index in [4.69, 9.17) is 4.74 Å². The molecular formula is C16H14FNO. The largest absolute Gasteiger partial charge is 0.497 e. The Balaban J connectivity index is 1.94. The second-order valence-corrected chi connectivity index (χ2v) is 4.46. The highest BCUT2D eigenvalue weighted by atomic mass is 19.1. The summed E-state index contributed by atoms with van der Waals surface area (Å²) in [7, 11) is 1.65. The van der Waals surface area contributed by atoms with Crippen molar-refractivity contribution in [3.63, 3.8) is 0 Å². The third-order valence-corrected chi connectivity index (χ3v) is 3.27. The Kier molecular flexibility index (Phi) is 2.95. The van der Waals surface area contributed by atoms with Crippen molar-refractivity contribution in [3.8, 4) is 5.75 Å². The zero-order valence-electron chi connectivity index (χ0n) is 10.6. The average molecular weight is 255 g/mol. The second kappa shape index (κ2) is 4.76. The number of hydrogen-bond donors (Lipinski definition) is 0. The van der Waals surface area contributed by atoms with Gasteiger partial charge in [0, 0.05) is 18.1 Å². The third-order valence-electron chi connectivity index (χ3n) is 3.27. The number of rotatable bonds is 3. The lowest BCUT2D eigenvalue weighted by molar-refractivity contribution is 0.414. The highest BCUT2D eigenvalue weighted by Gasteiger charge is 2.05. The van der Waals surface area contributed by atoms with E-state index in [2.05, 4.69) is 0 Å². The van der Waals surface area contributed by atoms with Gasteiger partial charge in [-0.3, -0.25) is 0 Å². The Morgan fingerprint density at radius 1 is 1.05 bits per heavy atom. The summed E-state index contributed by atoms with van der Waals surface area (Å²) in [5.41, 5.74) is 2.07. The van der Waals surface area contributed by atoms with Gasteiger partial charge in [-0.25, -0.2) is 4.39 Å². The maximum absolute atomic E-state index is 13.6. The molecule has 0 radical (unpaired) electrons. The van der Waals surface area contributed by atoms with E-state index >= 15 is 0 Å². The molecule has 3 heteroatoms. The molecule has 0 aliphatic carbocycles. The standard InChI is InChI=1S/C16H14FNO/c1-19-13-7-5-12(6-8-13)11-18-10-9-14-15(17)3-2-4-16(14)18/h2-10H,11H2,1H3. The molecular weight excluding hydrogens is 241 g/mol. The predicted molar refractivity (Wildman–Crippen MR) is 74.0 cm³/mol. The predicted octanol–water partition coefficient (Wildman–Crippen LogP) is 3.84. The zero-order valence-corrected chi connectivity index (χ0v) is 10.6. The maximum atomic E-state index is 13.6. The Bertz CT molecular complexity index is 700. The van der Waals surface area contributed by atoms with Crippen molar-refractivity contribution in [1.82, 2.24) is 4.57 Å². The Hall–Kier alpha value is -2.29. The first-order valence-corrected chi connectivity index (χ1v) is 6.14. The molecule has 2 aromatic carbocycles. The number of aromatic nitrogens is 1. The molecule has 3 rings (SSSR count). The monoisotopic (exact) mass is 255 g/mol. The van der Waals surface area contributed by atoms with Crippen molar-refractivity contribution in [2.75, 3.05) is 7.11 Å². The van der Waals surface area contributed by atoms with Crippen LogP contribution < -0.4 is 4.74 Å². The van der Waals surface area contributed by atoms with Crippen LogP contribution in [0.1, 0.15) is 5.56 Å². The molecule has 0 N–H and O–H groups in total. The Labute approximate surface area is 111 Å². The van der Waals surface area contributed by atoms with Gasteiger partial charge in [-0.2, -0.15) is 0 Å². The normalized spacial score (nSPS) is 10.8. The van der Waals surface area contributed by atoms with E-state index in [0.29, 0.717) is 5.39 Å². The highest BCUT2D eigenvalue weighted by molar-refractivity contribution is 5.80. The lowest BCUT2D eigenvalue weighted by Crippen LogP contribution is -1.97. The number of fused-ring (bicyclic) bond motifs is 1. The first kappa shape index (κ1) is 11.8. The van der Waals surface area contributed by atoms with Gasteiger partial charge in [0.05, 0.1) is 12.6 Å². The van der Waals surface area contributed by atoms with Gasteiger partial charge in [0.15, 0.2) is 0 Å². The summed E-state index contributed by atoms with van der Waals surface area (Å²) >= 11 is 0. The van der Waals surface area contributed by atoms with Crippen LogP contribution in [0.5, 0.6) is 5.75 Å². The number of nitrogens with zero attached hydrogens (tertiary/aromatic N) is 1. The summed E-state index contributed by atoms with van der Waals surface area (Å²) in [6.07, 6.45) is 1.91. The van der Waals surface area contributed by atoms with E-state index in [1.165, 1.54) is 6.07 Å². The van der Waals surface area contributed by atoms with Crippen LogP contribution in [0.2, 0.25) is 0 Å². The number of benzene rings is 2. The maximum Gasteiger partial charge on any atom is 0.132 e. The summed E-state index contributed by atoms with van der Waals surface area (Å²) in [6.45, 7) is 0.719. The quantitative estimate of drug-likeness (QED) is 0.693. The van der Waals surface area contributed by atoms with Crippen molar-refractivity contribution in [2.24, 2.45) is 0 Å². The summed E-state index contributed by atoms with van der Waals surface area (Å²) in [5, 5.41) is 0.663. The number of ether oxygens (including phenoxy) is 1. The van der Waals surface area contributed by atoms with Gasteiger partial charge in [0.2, 0.25) is 0 Å². The molecule has 0 bridgehead atoms. The van der Waals surface area contributed by atoms with Crippen LogP contribution in [0.3, 0.4) is 0 Å². The molecule has 0 aliphatic heterocycles.